The lowest BCUT2D eigenvalue weighted by Crippen LogP contribution is -2.23. The highest BCUT2D eigenvalue weighted by atomic mass is 16.2. The van der Waals surface area contributed by atoms with E-state index in [-0.39, 0.29) is 12.8 Å². The van der Waals surface area contributed by atoms with Crippen LogP contribution in [-0.2, 0) is 19.2 Å². The molecule has 0 spiro atoms. The molecule has 0 aliphatic carbocycles. The van der Waals surface area contributed by atoms with Gasteiger partial charge in [0.2, 0.25) is 23.6 Å². The van der Waals surface area contributed by atoms with Crippen molar-refractivity contribution >= 4 is 23.6 Å². The molecule has 4 amide bonds. The Kier molecular flexibility index (Phi) is 8.27. The van der Waals surface area contributed by atoms with Gasteiger partial charge >= 0.3 is 0 Å². The van der Waals surface area contributed by atoms with E-state index in [4.69, 9.17) is 22.9 Å². The minimum atomic E-state index is -0.537. The third-order valence-corrected chi connectivity index (χ3v) is 4.26. The molecule has 1 aromatic rings. The van der Waals surface area contributed by atoms with Crippen LogP contribution in [0.3, 0.4) is 0 Å². The highest BCUT2D eigenvalue weighted by molar-refractivity contribution is 5.83. The molecule has 0 saturated heterocycles. The third kappa shape index (κ3) is 6.92. The van der Waals surface area contributed by atoms with Crippen LogP contribution in [0.25, 0.3) is 0 Å². The molecule has 2 atom stereocenters. The number of hydrogen-bond acceptors (Lipinski definition) is 4. The summed E-state index contributed by atoms with van der Waals surface area (Å²) in [6.07, 6.45) is 2.12. The Morgan fingerprint density at radius 1 is 0.654 bits per heavy atom. The molecular formula is C18H26N4O4. The van der Waals surface area contributed by atoms with Crippen LogP contribution in [-0.4, -0.2) is 23.6 Å². The summed E-state index contributed by atoms with van der Waals surface area (Å²) in [5.41, 5.74) is 22.5. The first-order chi connectivity index (χ1) is 12.2. The van der Waals surface area contributed by atoms with E-state index < -0.39 is 35.5 Å². The van der Waals surface area contributed by atoms with Crippen LogP contribution in [0.4, 0.5) is 0 Å². The number of hydrogen-bond donors (Lipinski definition) is 4. The Labute approximate surface area is 152 Å². The van der Waals surface area contributed by atoms with Gasteiger partial charge < -0.3 is 22.9 Å². The maximum absolute atomic E-state index is 11.7. The lowest BCUT2D eigenvalue weighted by atomic mass is 9.88. The maximum atomic E-state index is 11.7. The van der Waals surface area contributed by atoms with Gasteiger partial charge in [-0.15, -0.1) is 0 Å². The lowest BCUT2D eigenvalue weighted by molar-refractivity contribution is -0.121. The van der Waals surface area contributed by atoms with Gasteiger partial charge in [0.05, 0.1) is 11.8 Å². The zero-order chi connectivity index (χ0) is 19.7. The van der Waals surface area contributed by atoms with Crippen LogP contribution in [0.1, 0.15) is 61.5 Å². The summed E-state index contributed by atoms with van der Waals surface area (Å²) in [5, 5.41) is 0. The second-order valence-corrected chi connectivity index (χ2v) is 6.29. The van der Waals surface area contributed by atoms with Gasteiger partial charge in [0.1, 0.15) is 0 Å². The molecule has 0 saturated carbocycles. The van der Waals surface area contributed by atoms with Gasteiger partial charge in [0, 0.05) is 12.8 Å². The van der Waals surface area contributed by atoms with Crippen LogP contribution < -0.4 is 22.9 Å². The summed E-state index contributed by atoms with van der Waals surface area (Å²) in [7, 11) is 0. The monoisotopic (exact) mass is 362 g/mol. The molecule has 0 radical (unpaired) electrons. The summed E-state index contributed by atoms with van der Waals surface area (Å²) >= 11 is 0. The molecule has 0 heterocycles. The zero-order valence-electron chi connectivity index (χ0n) is 14.6. The van der Waals surface area contributed by atoms with Gasteiger partial charge in [-0.25, -0.2) is 0 Å². The SMILES string of the molecule is NC(=O)CCCC(C(N)=O)c1ccc(C(CCCC(N)=O)C(N)=O)cc1. The van der Waals surface area contributed by atoms with Gasteiger partial charge in [-0.3, -0.25) is 19.2 Å². The standard InChI is InChI=1S/C18H26N4O4/c19-15(23)5-1-3-13(17(21)25)11-7-9-12(10-8-11)14(18(22)26)4-2-6-16(20)24/h7-10,13-14H,1-6H2,(H2,19,23)(H2,20,24)(H2,21,25)(H2,22,26). The minimum Gasteiger partial charge on any atom is -0.370 e. The first kappa shape index (κ1) is 21.1. The van der Waals surface area contributed by atoms with E-state index in [2.05, 4.69) is 0 Å². The second kappa shape index (κ2) is 10.2. The zero-order valence-corrected chi connectivity index (χ0v) is 14.6. The Morgan fingerprint density at radius 2 is 0.962 bits per heavy atom. The van der Waals surface area contributed by atoms with Crippen molar-refractivity contribution in [2.24, 2.45) is 22.9 Å². The molecule has 2 unspecified atom stereocenters. The van der Waals surface area contributed by atoms with Gasteiger partial charge in [-0.1, -0.05) is 24.3 Å². The number of rotatable bonds is 12. The number of nitrogens with two attached hydrogens (primary N) is 4. The Hall–Kier alpha value is -2.90. The molecule has 0 fully saturated rings. The van der Waals surface area contributed by atoms with Gasteiger partial charge in [-0.05, 0) is 36.8 Å². The predicted octanol–water partition coefficient (Wildman–Crippen LogP) is 0.136. The van der Waals surface area contributed by atoms with Crippen molar-refractivity contribution in [1.29, 1.82) is 0 Å². The van der Waals surface area contributed by atoms with Gasteiger partial charge in [-0.2, -0.15) is 0 Å². The number of benzene rings is 1. The normalized spacial score (nSPS) is 12.9. The fourth-order valence-electron chi connectivity index (χ4n) is 2.87. The quantitative estimate of drug-likeness (QED) is 0.414. The molecule has 0 aromatic heterocycles. The summed E-state index contributed by atoms with van der Waals surface area (Å²) in [5.74, 6) is -2.91. The van der Waals surface area contributed by atoms with E-state index in [0.717, 1.165) is 0 Å². The largest absolute Gasteiger partial charge is 0.370 e. The number of carbonyl (C=O) groups is 4. The first-order valence-corrected chi connectivity index (χ1v) is 8.47. The molecule has 1 rings (SSSR count). The molecule has 0 aliphatic heterocycles. The average molecular weight is 362 g/mol. The first-order valence-electron chi connectivity index (χ1n) is 8.47. The van der Waals surface area contributed by atoms with Crippen LogP contribution in [0, 0.1) is 0 Å². The second-order valence-electron chi connectivity index (χ2n) is 6.29. The van der Waals surface area contributed by atoms with E-state index in [1.165, 1.54) is 0 Å². The topological polar surface area (TPSA) is 172 Å². The summed E-state index contributed by atoms with van der Waals surface area (Å²) in [4.78, 5) is 45.1. The van der Waals surface area contributed by atoms with Gasteiger partial charge in [0.25, 0.3) is 0 Å². The number of amides is 4. The van der Waals surface area contributed by atoms with E-state index in [1.807, 2.05) is 0 Å². The van der Waals surface area contributed by atoms with E-state index in [0.29, 0.717) is 36.8 Å². The molecule has 0 aliphatic rings. The van der Waals surface area contributed by atoms with Crippen molar-refractivity contribution in [2.45, 2.75) is 50.4 Å². The average Bonchev–Trinajstić information content (AvgIpc) is 2.55. The number of carbonyl (C=O) groups excluding carboxylic acids is 4. The fourth-order valence-corrected chi connectivity index (χ4v) is 2.87. The van der Waals surface area contributed by atoms with Crippen molar-refractivity contribution in [3.63, 3.8) is 0 Å². The van der Waals surface area contributed by atoms with E-state index in [1.54, 1.807) is 24.3 Å². The molecular weight excluding hydrogens is 336 g/mol. The molecule has 1 aromatic carbocycles. The fraction of sp³-hybridized carbons (Fsp3) is 0.444. The molecule has 26 heavy (non-hydrogen) atoms. The lowest BCUT2D eigenvalue weighted by Gasteiger charge is -2.17. The van der Waals surface area contributed by atoms with Gasteiger partial charge in [0.15, 0.2) is 0 Å². The molecule has 142 valence electrons. The van der Waals surface area contributed by atoms with Crippen LogP contribution in [0.5, 0.6) is 0 Å². The maximum Gasteiger partial charge on any atom is 0.224 e. The molecule has 8 nitrogen and oxygen atoms in total. The summed E-state index contributed by atoms with van der Waals surface area (Å²) in [6, 6.07) is 6.89. The van der Waals surface area contributed by atoms with E-state index >= 15 is 0 Å². The molecule has 8 N–H and O–H groups in total. The minimum absolute atomic E-state index is 0.186. The van der Waals surface area contributed by atoms with Crippen molar-refractivity contribution in [1.82, 2.24) is 0 Å². The van der Waals surface area contributed by atoms with Crippen LogP contribution in [0.2, 0.25) is 0 Å². The third-order valence-electron chi connectivity index (χ3n) is 4.26. The molecule has 0 bridgehead atoms. The Bertz CT molecular complexity index is 601. The predicted molar refractivity (Wildman–Crippen MR) is 96.4 cm³/mol. The van der Waals surface area contributed by atoms with Crippen molar-refractivity contribution < 1.29 is 19.2 Å². The van der Waals surface area contributed by atoms with E-state index in [9.17, 15) is 19.2 Å². The summed E-state index contributed by atoms with van der Waals surface area (Å²) in [6.45, 7) is 0. The Morgan fingerprint density at radius 3 is 1.19 bits per heavy atom. The van der Waals surface area contributed by atoms with Crippen LogP contribution in [0.15, 0.2) is 24.3 Å². The molecule has 8 heteroatoms. The summed E-state index contributed by atoms with van der Waals surface area (Å²) < 4.78 is 0. The number of primary amides is 4. The van der Waals surface area contributed by atoms with Crippen molar-refractivity contribution in [3.8, 4) is 0 Å². The smallest absolute Gasteiger partial charge is 0.224 e. The highest BCUT2D eigenvalue weighted by Crippen LogP contribution is 2.26. The highest BCUT2D eigenvalue weighted by Gasteiger charge is 2.21. The van der Waals surface area contributed by atoms with Crippen LogP contribution >= 0.6 is 0 Å². The Balaban J connectivity index is 2.84. The van der Waals surface area contributed by atoms with Crippen molar-refractivity contribution in [2.75, 3.05) is 0 Å². The van der Waals surface area contributed by atoms with Crippen molar-refractivity contribution in [3.05, 3.63) is 35.4 Å².